The monoisotopic (exact) mass is 327 g/mol. The number of hydrogen-bond donors (Lipinski definition) is 0. The first-order valence-electron chi connectivity index (χ1n) is 6.98. The summed E-state index contributed by atoms with van der Waals surface area (Å²) in [5.74, 6) is 1.45. The van der Waals surface area contributed by atoms with Crippen LogP contribution in [0.4, 0.5) is 4.39 Å². The van der Waals surface area contributed by atoms with Gasteiger partial charge in [-0.15, -0.1) is 0 Å². The molecule has 4 heteroatoms. The Kier molecular flexibility index (Phi) is 4.08. The number of likely N-dealkylation sites (tertiary alicyclic amines) is 1. The van der Waals surface area contributed by atoms with Gasteiger partial charge in [-0.05, 0) is 43.5 Å². The predicted octanol–water partition coefficient (Wildman–Crippen LogP) is 3.24. The molecule has 1 fully saturated rings. The Morgan fingerprint density at radius 1 is 1.42 bits per heavy atom. The predicted molar refractivity (Wildman–Crippen MR) is 77.5 cm³/mol. The minimum absolute atomic E-state index is 0.166. The number of rotatable bonds is 3. The van der Waals surface area contributed by atoms with Gasteiger partial charge in [-0.2, -0.15) is 0 Å². The van der Waals surface area contributed by atoms with Crippen molar-refractivity contribution in [1.82, 2.24) is 4.90 Å². The highest BCUT2D eigenvalue weighted by atomic mass is 79.9. The third-order valence-electron chi connectivity index (χ3n) is 4.05. The molecule has 0 bridgehead atoms. The van der Waals surface area contributed by atoms with E-state index in [1.54, 1.807) is 12.1 Å². The van der Waals surface area contributed by atoms with Gasteiger partial charge in [-0.25, -0.2) is 4.39 Å². The maximum Gasteiger partial charge on any atom is 0.123 e. The number of fused-ring (bicyclic) bond motifs is 1. The average Bonchev–Trinajstić information content (AvgIpc) is 2.80. The van der Waals surface area contributed by atoms with Gasteiger partial charge in [-0.3, -0.25) is 4.90 Å². The van der Waals surface area contributed by atoms with Crippen LogP contribution in [0.5, 0.6) is 5.75 Å². The number of hydrogen-bond acceptors (Lipinski definition) is 2. The van der Waals surface area contributed by atoms with Crippen LogP contribution in [-0.2, 0) is 6.42 Å². The van der Waals surface area contributed by atoms with Crippen molar-refractivity contribution in [1.29, 1.82) is 0 Å². The number of alkyl halides is 1. The lowest BCUT2D eigenvalue weighted by molar-refractivity contribution is 0.116. The fourth-order valence-corrected chi connectivity index (χ4v) is 3.65. The van der Waals surface area contributed by atoms with Crippen molar-refractivity contribution < 1.29 is 9.13 Å². The van der Waals surface area contributed by atoms with Crippen LogP contribution >= 0.6 is 15.9 Å². The summed E-state index contributed by atoms with van der Waals surface area (Å²) >= 11 is 3.58. The van der Waals surface area contributed by atoms with Crippen molar-refractivity contribution >= 4 is 15.9 Å². The van der Waals surface area contributed by atoms with Gasteiger partial charge < -0.3 is 4.74 Å². The molecule has 2 heterocycles. The highest BCUT2D eigenvalue weighted by molar-refractivity contribution is 9.09. The minimum Gasteiger partial charge on any atom is -0.488 e. The molecular weight excluding hydrogens is 309 g/mol. The molecular formula is C15H19BrFNO. The van der Waals surface area contributed by atoms with Gasteiger partial charge in [-0.1, -0.05) is 15.9 Å². The summed E-state index contributed by atoms with van der Waals surface area (Å²) in [7, 11) is 0. The SMILES string of the molecule is Fc1ccc2c(c1)CC(CN1CCCC(CBr)C1)O2. The molecule has 2 nitrogen and oxygen atoms in total. The molecule has 0 N–H and O–H groups in total. The summed E-state index contributed by atoms with van der Waals surface area (Å²) in [4.78, 5) is 2.49. The van der Waals surface area contributed by atoms with E-state index in [0.717, 1.165) is 48.6 Å². The van der Waals surface area contributed by atoms with Crippen LogP contribution in [-0.4, -0.2) is 36.0 Å². The van der Waals surface area contributed by atoms with Crippen LogP contribution in [0.1, 0.15) is 18.4 Å². The zero-order chi connectivity index (χ0) is 13.2. The van der Waals surface area contributed by atoms with Crippen molar-refractivity contribution in [3.63, 3.8) is 0 Å². The Morgan fingerprint density at radius 2 is 2.32 bits per heavy atom. The van der Waals surface area contributed by atoms with Crippen molar-refractivity contribution in [2.24, 2.45) is 5.92 Å². The van der Waals surface area contributed by atoms with E-state index in [4.69, 9.17) is 4.74 Å². The lowest BCUT2D eigenvalue weighted by Gasteiger charge is -2.33. The molecule has 2 aliphatic heterocycles. The summed E-state index contributed by atoms with van der Waals surface area (Å²) in [5, 5.41) is 1.08. The minimum atomic E-state index is -0.166. The van der Waals surface area contributed by atoms with E-state index in [1.807, 2.05) is 0 Å². The molecule has 0 aliphatic carbocycles. The number of halogens is 2. The van der Waals surface area contributed by atoms with Crippen LogP contribution in [0.3, 0.4) is 0 Å². The molecule has 3 rings (SSSR count). The second kappa shape index (κ2) is 5.80. The molecule has 2 unspecified atom stereocenters. The third-order valence-corrected chi connectivity index (χ3v) is 4.96. The van der Waals surface area contributed by atoms with E-state index >= 15 is 0 Å². The van der Waals surface area contributed by atoms with Crippen LogP contribution in [0.2, 0.25) is 0 Å². The summed E-state index contributed by atoms with van der Waals surface area (Å²) in [6.45, 7) is 3.27. The molecule has 2 atom stereocenters. The van der Waals surface area contributed by atoms with Gasteiger partial charge >= 0.3 is 0 Å². The van der Waals surface area contributed by atoms with Crippen molar-refractivity contribution in [2.45, 2.75) is 25.4 Å². The zero-order valence-corrected chi connectivity index (χ0v) is 12.5. The molecule has 0 aromatic heterocycles. The van der Waals surface area contributed by atoms with E-state index < -0.39 is 0 Å². The first-order valence-corrected chi connectivity index (χ1v) is 8.10. The fraction of sp³-hybridized carbons (Fsp3) is 0.600. The number of benzene rings is 1. The Bertz CT molecular complexity index is 454. The molecule has 1 aromatic rings. The van der Waals surface area contributed by atoms with Crippen LogP contribution in [0, 0.1) is 11.7 Å². The van der Waals surface area contributed by atoms with Gasteiger partial charge in [0.25, 0.3) is 0 Å². The van der Waals surface area contributed by atoms with Crippen LogP contribution in [0.25, 0.3) is 0 Å². The Morgan fingerprint density at radius 3 is 3.16 bits per heavy atom. The highest BCUT2D eigenvalue weighted by Gasteiger charge is 2.27. The normalized spacial score (nSPS) is 27.1. The van der Waals surface area contributed by atoms with Gasteiger partial charge in [0.1, 0.15) is 17.7 Å². The van der Waals surface area contributed by atoms with Crippen molar-refractivity contribution in [3.8, 4) is 5.75 Å². The summed E-state index contributed by atoms with van der Waals surface area (Å²) in [6, 6.07) is 4.83. The number of ether oxygens (including phenoxy) is 1. The molecule has 2 aliphatic rings. The molecule has 0 spiro atoms. The molecule has 1 aromatic carbocycles. The van der Waals surface area contributed by atoms with E-state index in [2.05, 4.69) is 20.8 Å². The highest BCUT2D eigenvalue weighted by Crippen LogP contribution is 2.30. The Labute approximate surface area is 122 Å². The topological polar surface area (TPSA) is 12.5 Å². The van der Waals surface area contributed by atoms with Gasteiger partial charge in [0.15, 0.2) is 0 Å². The van der Waals surface area contributed by atoms with E-state index in [0.29, 0.717) is 0 Å². The zero-order valence-electron chi connectivity index (χ0n) is 10.9. The average molecular weight is 328 g/mol. The number of piperidine rings is 1. The Balaban J connectivity index is 1.58. The Hall–Kier alpha value is -0.610. The lowest BCUT2D eigenvalue weighted by Crippen LogP contribution is -2.41. The lowest BCUT2D eigenvalue weighted by atomic mass is 9.99. The van der Waals surface area contributed by atoms with E-state index in [9.17, 15) is 4.39 Å². The molecule has 0 radical (unpaired) electrons. The standard InChI is InChI=1S/C15H19BrFNO/c16-8-11-2-1-5-18(9-11)10-14-7-12-6-13(17)3-4-15(12)19-14/h3-4,6,11,14H,1-2,5,7-10H2. The first-order chi connectivity index (χ1) is 9.24. The van der Waals surface area contributed by atoms with Crippen LogP contribution in [0.15, 0.2) is 18.2 Å². The summed E-state index contributed by atoms with van der Waals surface area (Å²) < 4.78 is 19.1. The van der Waals surface area contributed by atoms with Gasteiger partial charge in [0.05, 0.1) is 0 Å². The van der Waals surface area contributed by atoms with Crippen LogP contribution < -0.4 is 4.74 Å². The first kappa shape index (κ1) is 13.4. The molecule has 0 amide bonds. The van der Waals surface area contributed by atoms with E-state index in [1.165, 1.54) is 18.9 Å². The number of nitrogens with zero attached hydrogens (tertiary/aromatic N) is 1. The molecule has 1 saturated heterocycles. The third kappa shape index (κ3) is 3.11. The summed E-state index contributed by atoms with van der Waals surface area (Å²) in [5.41, 5.74) is 1.01. The smallest absolute Gasteiger partial charge is 0.123 e. The maximum atomic E-state index is 13.2. The molecule has 0 saturated carbocycles. The quantitative estimate of drug-likeness (QED) is 0.790. The second-order valence-corrected chi connectivity index (χ2v) is 6.27. The van der Waals surface area contributed by atoms with Crippen molar-refractivity contribution in [2.75, 3.05) is 25.0 Å². The van der Waals surface area contributed by atoms with Crippen molar-refractivity contribution in [3.05, 3.63) is 29.6 Å². The second-order valence-electron chi connectivity index (χ2n) is 5.62. The largest absolute Gasteiger partial charge is 0.488 e. The van der Waals surface area contributed by atoms with Gasteiger partial charge in [0, 0.05) is 30.4 Å². The molecule has 19 heavy (non-hydrogen) atoms. The van der Waals surface area contributed by atoms with Gasteiger partial charge in [0.2, 0.25) is 0 Å². The maximum absolute atomic E-state index is 13.2. The summed E-state index contributed by atoms with van der Waals surface area (Å²) in [6.07, 6.45) is 3.61. The molecule has 104 valence electrons. The fourth-order valence-electron chi connectivity index (χ4n) is 3.12. The van der Waals surface area contributed by atoms with E-state index in [-0.39, 0.29) is 11.9 Å².